The number of ether oxygens (including phenoxy) is 2. The van der Waals surface area contributed by atoms with Crippen LogP contribution >= 0.6 is 0 Å². The van der Waals surface area contributed by atoms with Crippen LogP contribution in [-0.4, -0.2) is 61.3 Å². The quantitative estimate of drug-likeness (QED) is 0.0370. The number of carbonyl (C=O) groups is 4. The first kappa shape index (κ1) is 65.4. The van der Waals surface area contributed by atoms with Gasteiger partial charge >= 0.3 is 5.97 Å². The van der Waals surface area contributed by atoms with Crippen LogP contribution in [0.15, 0.2) is 0 Å². The summed E-state index contributed by atoms with van der Waals surface area (Å²) in [6, 6.07) is 0. The van der Waals surface area contributed by atoms with Crippen molar-refractivity contribution in [3.63, 3.8) is 0 Å². The van der Waals surface area contributed by atoms with Gasteiger partial charge in [0.1, 0.15) is 17.7 Å². The lowest BCUT2D eigenvalue weighted by Gasteiger charge is -2.16. The molecule has 1 saturated heterocycles. The van der Waals surface area contributed by atoms with E-state index in [0.29, 0.717) is 38.3 Å². The van der Waals surface area contributed by atoms with Crippen LogP contribution in [0.2, 0.25) is 0 Å². The number of hydrogen-bond acceptors (Lipinski definition) is 7. The summed E-state index contributed by atoms with van der Waals surface area (Å²) in [4.78, 5) is 45.2. The zero-order chi connectivity index (χ0) is 45.1. The number of ketones is 2. The third-order valence-corrected chi connectivity index (χ3v) is 9.92. The summed E-state index contributed by atoms with van der Waals surface area (Å²) in [5, 5.41) is 0. The van der Waals surface area contributed by atoms with Gasteiger partial charge in [0.05, 0.1) is 6.61 Å². The standard InChI is InChI=1S/C18H38.C17H31NO3.C10H18O3.3C2H6/c1-4-6-8-10-12-14-16-18(3)17-15-13-11-9-7-5-2;1-14(2)8-9-17(20)21-16-10-12-18(13-16)11-6-4-5-7-15(3)19;1-10(12)7-5-3-2-4-6-8-13-9-11;3*1-2/h18H,4-17H2,1-3H3;14,16H,4-13H2,1-3H3;9H,2-8H2,1H3;3*1-2H3. The Morgan fingerprint density at radius 1 is 0.586 bits per heavy atom. The molecule has 0 aliphatic carbocycles. The maximum atomic E-state index is 11.7. The summed E-state index contributed by atoms with van der Waals surface area (Å²) in [6.07, 6.45) is 32.7. The van der Waals surface area contributed by atoms with Gasteiger partial charge in [-0.25, -0.2) is 0 Å². The highest BCUT2D eigenvalue weighted by atomic mass is 16.5. The van der Waals surface area contributed by atoms with Crippen molar-refractivity contribution in [2.75, 3.05) is 26.2 Å². The van der Waals surface area contributed by atoms with Crippen molar-refractivity contribution in [1.29, 1.82) is 0 Å². The van der Waals surface area contributed by atoms with E-state index in [1.54, 1.807) is 13.8 Å². The van der Waals surface area contributed by atoms with E-state index in [2.05, 4.69) is 44.3 Å². The summed E-state index contributed by atoms with van der Waals surface area (Å²) >= 11 is 0. The predicted octanol–water partition coefficient (Wildman–Crippen LogP) is 15.5. The number of unbranched alkanes of at least 4 members (excludes halogenated alkanes) is 16. The number of rotatable bonds is 33. The monoisotopic (exact) mass is 828 g/mol. The SMILES string of the molecule is CC.CC.CC.CC(=O)CCCCCCCOC=O.CC(=O)CCCCCN1CCC(OC(=O)CCC(C)C)C1.CCCCCCCCC(C)CCCCCCCC. The van der Waals surface area contributed by atoms with E-state index in [4.69, 9.17) is 4.74 Å². The van der Waals surface area contributed by atoms with Crippen LogP contribution in [0.5, 0.6) is 0 Å². The van der Waals surface area contributed by atoms with Gasteiger partial charge in [0.2, 0.25) is 0 Å². The fourth-order valence-corrected chi connectivity index (χ4v) is 6.46. The van der Waals surface area contributed by atoms with Crippen LogP contribution in [0.1, 0.15) is 263 Å². The lowest BCUT2D eigenvalue weighted by atomic mass is 9.96. The smallest absolute Gasteiger partial charge is 0.306 e. The van der Waals surface area contributed by atoms with Crippen molar-refractivity contribution in [3.8, 4) is 0 Å². The molecule has 0 aromatic rings. The second-order valence-corrected chi connectivity index (χ2v) is 16.1. The van der Waals surface area contributed by atoms with E-state index < -0.39 is 0 Å². The van der Waals surface area contributed by atoms with Gasteiger partial charge in [-0.3, -0.25) is 14.5 Å². The Morgan fingerprint density at radius 3 is 1.47 bits per heavy atom. The lowest BCUT2D eigenvalue weighted by Crippen LogP contribution is -2.26. The number of carbonyl (C=O) groups excluding carboxylic acids is 4. The Bertz CT molecular complexity index is 801. The van der Waals surface area contributed by atoms with Crippen molar-refractivity contribution in [3.05, 3.63) is 0 Å². The van der Waals surface area contributed by atoms with Crippen LogP contribution in [-0.2, 0) is 28.7 Å². The summed E-state index contributed by atoms with van der Waals surface area (Å²) in [5.41, 5.74) is 0. The van der Waals surface area contributed by atoms with Gasteiger partial charge in [0.25, 0.3) is 6.47 Å². The first-order valence-electron chi connectivity index (χ1n) is 25.0. The van der Waals surface area contributed by atoms with Gasteiger partial charge in [0.15, 0.2) is 0 Å². The van der Waals surface area contributed by atoms with Gasteiger partial charge in [-0.15, -0.1) is 0 Å². The van der Waals surface area contributed by atoms with E-state index in [0.717, 1.165) is 89.8 Å². The highest BCUT2D eigenvalue weighted by molar-refractivity contribution is 5.75. The largest absolute Gasteiger partial charge is 0.468 e. The van der Waals surface area contributed by atoms with Gasteiger partial charge < -0.3 is 19.1 Å². The Kier molecular flexibility index (Phi) is 64.6. The third kappa shape index (κ3) is 60.9. The molecule has 1 aliphatic heterocycles. The fourth-order valence-electron chi connectivity index (χ4n) is 6.46. The maximum Gasteiger partial charge on any atom is 0.306 e. The average Bonchev–Trinajstić information content (AvgIpc) is 3.66. The second kappa shape index (κ2) is 57.3. The van der Waals surface area contributed by atoms with Crippen molar-refractivity contribution in [2.24, 2.45) is 11.8 Å². The molecule has 1 fully saturated rings. The molecule has 350 valence electrons. The Labute approximate surface area is 364 Å². The molecule has 0 aromatic heterocycles. The minimum absolute atomic E-state index is 0.0444. The highest BCUT2D eigenvalue weighted by Crippen LogP contribution is 2.19. The molecule has 0 aromatic carbocycles. The molecule has 0 saturated carbocycles. The molecular formula is C51H105NO6. The molecule has 1 heterocycles. The maximum absolute atomic E-state index is 11.7. The van der Waals surface area contributed by atoms with Crippen LogP contribution in [0, 0.1) is 11.8 Å². The van der Waals surface area contributed by atoms with E-state index >= 15 is 0 Å². The van der Waals surface area contributed by atoms with E-state index in [1.165, 1.54) is 89.9 Å². The molecule has 0 spiro atoms. The van der Waals surface area contributed by atoms with Crippen LogP contribution in [0.25, 0.3) is 0 Å². The second-order valence-electron chi connectivity index (χ2n) is 16.1. The molecule has 1 rings (SSSR count). The van der Waals surface area contributed by atoms with Crippen LogP contribution in [0.4, 0.5) is 0 Å². The summed E-state index contributed by atoms with van der Waals surface area (Å²) in [7, 11) is 0. The minimum atomic E-state index is -0.0444. The lowest BCUT2D eigenvalue weighted by molar-refractivity contribution is -0.148. The summed E-state index contributed by atoms with van der Waals surface area (Å²) in [6.45, 7) is 30.5. The molecule has 0 radical (unpaired) electrons. The predicted molar refractivity (Wildman–Crippen MR) is 254 cm³/mol. The van der Waals surface area contributed by atoms with Crippen molar-refractivity contribution in [2.45, 2.75) is 269 Å². The van der Waals surface area contributed by atoms with E-state index in [1.807, 2.05) is 41.5 Å². The Balaban J connectivity index is -0.000000232. The minimum Gasteiger partial charge on any atom is -0.468 e. The molecule has 1 unspecified atom stereocenters. The van der Waals surface area contributed by atoms with Gasteiger partial charge in [0, 0.05) is 32.4 Å². The molecule has 7 nitrogen and oxygen atoms in total. The molecule has 7 heteroatoms. The Hall–Kier alpha value is -1.76. The molecule has 58 heavy (non-hydrogen) atoms. The zero-order valence-corrected chi connectivity index (χ0v) is 41.6. The van der Waals surface area contributed by atoms with Crippen LogP contribution in [0.3, 0.4) is 0 Å². The van der Waals surface area contributed by atoms with Crippen molar-refractivity contribution in [1.82, 2.24) is 4.90 Å². The fraction of sp³-hybridized carbons (Fsp3) is 0.922. The van der Waals surface area contributed by atoms with Crippen molar-refractivity contribution < 1.29 is 28.7 Å². The first-order chi connectivity index (χ1) is 28.0. The molecule has 0 N–H and O–H groups in total. The number of hydrogen-bond donors (Lipinski definition) is 0. The topological polar surface area (TPSA) is 90.0 Å². The highest BCUT2D eigenvalue weighted by Gasteiger charge is 2.25. The average molecular weight is 828 g/mol. The summed E-state index contributed by atoms with van der Waals surface area (Å²) in [5.74, 6) is 2.03. The van der Waals surface area contributed by atoms with Gasteiger partial charge in [-0.1, -0.05) is 192 Å². The molecule has 1 aliphatic rings. The van der Waals surface area contributed by atoms with E-state index in [-0.39, 0.29) is 23.6 Å². The molecule has 0 amide bonds. The van der Waals surface area contributed by atoms with E-state index in [9.17, 15) is 19.2 Å². The van der Waals surface area contributed by atoms with Crippen molar-refractivity contribution >= 4 is 24.0 Å². The molecule has 0 bridgehead atoms. The zero-order valence-electron chi connectivity index (χ0n) is 41.6. The van der Waals surface area contributed by atoms with Gasteiger partial charge in [-0.2, -0.15) is 0 Å². The number of esters is 1. The Morgan fingerprint density at radius 2 is 1.02 bits per heavy atom. The molecule has 1 atom stereocenters. The van der Waals surface area contributed by atoms with Crippen LogP contribution < -0.4 is 0 Å². The first-order valence-corrected chi connectivity index (χ1v) is 25.0. The third-order valence-electron chi connectivity index (χ3n) is 9.92. The number of nitrogens with zero attached hydrogens (tertiary/aromatic N) is 1. The van der Waals surface area contributed by atoms with Gasteiger partial charge in [-0.05, 0) is 70.8 Å². The molecular weight excluding hydrogens is 723 g/mol. The summed E-state index contributed by atoms with van der Waals surface area (Å²) < 4.78 is 10.1. The normalized spacial score (nSPS) is 12.9. The number of likely N-dealkylation sites (tertiary alicyclic amines) is 1. The number of Topliss-reactive ketones (excluding diaryl/α,β-unsaturated/α-hetero) is 2.